The minimum atomic E-state index is -0.853. The molecule has 5 rings (SSSR count). The molecule has 2 aliphatic rings. The van der Waals surface area contributed by atoms with E-state index in [1.165, 1.54) is 4.90 Å². The number of carbonyl (C=O) groups is 2. The Balaban J connectivity index is 1.27. The molecule has 1 aromatic heterocycles. The first kappa shape index (κ1) is 28.8. The molecule has 2 aliphatic heterocycles. The maximum absolute atomic E-state index is 13.3. The summed E-state index contributed by atoms with van der Waals surface area (Å²) in [7, 11) is 0. The van der Waals surface area contributed by atoms with E-state index in [9.17, 15) is 14.7 Å². The third-order valence-electron chi connectivity index (χ3n) is 7.22. The second-order valence-electron chi connectivity index (χ2n) is 10.2. The zero-order valence-electron chi connectivity index (χ0n) is 23.1. The molecule has 10 nitrogen and oxygen atoms in total. The van der Waals surface area contributed by atoms with Crippen LogP contribution in [0.3, 0.4) is 0 Å². The van der Waals surface area contributed by atoms with E-state index in [4.69, 9.17) is 21.1 Å². The molecule has 11 heteroatoms. The van der Waals surface area contributed by atoms with Crippen LogP contribution in [0.15, 0.2) is 48.7 Å². The number of aliphatic hydroxyl groups is 1. The molecular weight excluding hydrogens is 546 g/mol. The van der Waals surface area contributed by atoms with E-state index in [0.29, 0.717) is 65.5 Å². The van der Waals surface area contributed by atoms with Gasteiger partial charge in [0.05, 0.1) is 35.7 Å². The topological polar surface area (TPSA) is 126 Å². The fraction of sp³-hybridized carbons (Fsp3) is 0.400. The molecule has 0 aliphatic carbocycles. The van der Waals surface area contributed by atoms with E-state index in [1.807, 2.05) is 37.3 Å². The Morgan fingerprint density at radius 2 is 2.05 bits per heavy atom. The standard InChI is InChI=1S/C30H34ClN5O5/c1-3-41-23-6-4-5-19(13-23)27(18(2)37)34-26(38)17-36-16-21-8-7-20(14-24(21)29(36)39)28-25(31)15-32-30(35-28)33-22-9-11-40-12-10-22/h4-8,13-15,18,22,27,37H,3,9-12,16-17H2,1-2H3,(H,34,38)(H,32,33,35). The van der Waals surface area contributed by atoms with Crippen molar-refractivity contribution in [2.75, 3.05) is 31.7 Å². The van der Waals surface area contributed by atoms with Crippen LogP contribution in [0.4, 0.5) is 5.95 Å². The second kappa shape index (κ2) is 12.8. The normalized spacial score (nSPS) is 16.7. The number of amides is 2. The maximum atomic E-state index is 13.3. The lowest BCUT2D eigenvalue weighted by Crippen LogP contribution is -2.41. The van der Waals surface area contributed by atoms with Crippen molar-refractivity contribution in [3.63, 3.8) is 0 Å². The van der Waals surface area contributed by atoms with Crippen molar-refractivity contribution in [3.8, 4) is 17.0 Å². The minimum Gasteiger partial charge on any atom is -0.494 e. The highest BCUT2D eigenvalue weighted by atomic mass is 35.5. The Hall–Kier alpha value is -3.73. The average Bonchev–Trinajstić information content (AvgIpc) is 3.27. The largest absolute Gasteiger partial charge is 0.494 e. The predicted octanol–water partition coefficient (Wildman–Crippen LogP) is 3.98. The van der Waals surface area contributed by atoms with Crippen LogP contribution >= 0.6 is 11.6 Å². The summed E-state index contributed by atoms with van der Waals surface area (Å²) in [6, 6.07) is 12.3. The van der Waals surface area contributed by atoms with Gasteiger partial charge in [-0.15, -0.1) is 0 Å². The minimum absolute atomic E-state index is 0.148. The Morgan fingerprint density at radius 3 is 2.80 bits per heavy atom. The number of anilines is 1. The number of aliphatic hydroxyl groups excluding tert-OH is 1. The molecule has 3 aromatic rings. The van der Waals surface area contributed by atoms with Gasteiger partial charge in [0, 0.05) is 36.9 Å². The summed E-state index contributed by atoms with van der Waals surface area (Å²) in [5, 5.41) is 17.0. The number of rotatable bonds is 10. The summed E-state index contributed by atoms with van der Waals surface area (Å²) in [5.41, 5.74) is 3.24. The molecule has 216 valence electrons. The van der Waals surface area contributed by atoms with Gasteiger partial charge in [-0.1, -0.05) is 35.9 Å². The molecular formula is C30H34ClN5O5. The quantitative estimate of drug-likeness (QED) is 0.329. The number of ether oxygens (including phenoxy) is 2. The van der Waals surface area contributed by atoms with Gasteiger partial charge in [-0.25, -0.2) is 9.97 Å². The third kappa shape index (κ3) is 6.78. The fourth-order valence-corrected chi connectivity index (χ4v) is 5.34. The van der Waals surface area contributed by atoms with Crippen molar-refractivity contribution in [2.24, 2.45) is 0 Å². The molecule has 41 heavy (non-hydrogen) atoms. The molecule has 0 radical (unpaired) electrons. The van der Waals surface area contributed by atoms with Crippen molar-refractivity contribution in [1.82, 2.24) is 20.2 Å². The number of hydrogen-bond acceptors (Lipinski definition) is 8. The lowest BCUT2D eigenvalue weighted by molar-refractivity contribution is -0.123. The van der Waals surface area contributed by atoms with Gasteiger partial charge in [-0.2, -0.15) is 0 Å². The Labute approximate surface area is 244 Å². The van der Waals surface area contributed by atoms with E-state index in [-0.39, 0.29) is 24.4 Å². The summed E-state index contributed by atoms with van der Waals surface area (Å²) < 4.78 is 11.0. The number of carbonyl (C=O) groups excluding carboxylic acids is 2. The summed E-state index contributed by atoms with van der Waals surface area (Å²) in [4.78, 5) is 36.8. The van der Waals surface area contributed by atoms with Gasteiger partial charge < -0.3 is 30.1 Å². The van der Waals surface area contributed by atoms with Crippen LogP contribution < -0.4 is 15.4 Å². The highest BCUT2D eigenvalue weighted by molar-refractivity contribution is 6.33. The number of nitrogens with zero attached hydrogens (tertiary/aromatic N) is 3. The summed E-state index contributed by atoms with van der Waals surface area (Å²) in [5.74, 6) is 0.499. The number of halogens is 1. The van der Waals surface area contributed by atoms with E-state index in [2.05, 4.69) is 20.6 Å². The molecule has 0 bridgehead atoms. The van der Waals surface area contributed by atoms with Gasteiger partial charge >= 0.3 is 0 Å². The Bertz CT molecular complexity index is 1410. The molecule has 2 amide bonds. The molecule has 1 saturated heterocycles. The fourth-order valence-electron chi connectivity index (χ4n) is 5.14. The third-order valence-corrected chi connectivity index (χ3v) is 7.50. The first-order valence-electron chi connectivity index (χ1n) is 13.8. The van der Waals surface area contributed by atoms with Crippen molar-refractivity contribution < 1.29 is 24.2 Å². The SMILES string of the molecule is CCOc1cccc(C(NC(=O)CN2Cc3ccc(-c4nc(NC5CCOCC5)ncc4Cl)cc3C2=O)C(C)O)c1. The number of benzene rings is 2. The van der Waals surface area contributed by atoms with Crippen molar-refractivity contribution in [2.45, 2.75) is 51.4 Å². The summed E-state index contributed by atoms with van der Waals surface area (Å²) in [6.07, 6.45) is 2.44. The Morgan fingerprint density at radius 1 is 1.24 bits per heavy atom. The average molecular weight is 580 g/mol. The van der Waals surface area contributed by atoms with E-state index >= 15 is 0 Å². The van der Waals surface area contributed by atoms with Gasteiger partial charge in [0.2, 0.25) is 11.9 Å². The Kier molecular flexibility index (Phi) is 9.02. The zero-order valence-corrected chi connectivity index (χ0v) is 23.9. The lowest BCUT2D eigenvalue weighted by atomic mass is 10.0. The van der Waals surface area contributed by atoms with Crippen molar-refractivity contribution in [1.29, 1.82) is 0 Å². The predicted molar refractivity (Wildman–Crippen MR) is 155 cm³/mol. The number of aromatic nitrogens is 2. The van der Waals surface area contributed by atoms with Gasteiger partial charge in [0.25, 0.3) is 5.91 Å². The van der Waals surface area contributed by atoms with Gasteiger partial charge in [-0.05, 0) is 56.0 Å². The van der Waals surface area contributed by atoms with E-state index < -0.39 is 12.1 Å². The van der Waals surface area contributed by atoms with Crippen LogP contribution in [-0.4, -0.2) is 70.3 Å². The van der Waals surface area contributed by atoms with E-state index in [1.54, 1.807) is 25.3 Å². The van der Waals surface area contributed by atoms with Gasteiger partial charge in [-0.3, -0.25) is 9.59 Å². The monoisotopic (exact) mass is 579 g/mol. The number of nitrogens with one attached hydrogen (secondary N) is 2. The highest BCUT2D eigenvalue weighted by Gasteiger charge is 2.31. The number of hydrogen-bond donors (Lipinski definition) is 3. The highest BCUT2D eigenvalue weighted by Crippen LogP contribution is 2.32. The molecule has 0 spiro atoms. The van der Waals surface area contributed by atoms with Crippen LogP contribution in [-0.2, 0) is 16.1 Å². The molecule has 2 atom stereocenters. The van der Waals surface area contributed by atoms with Crippen molar-refractivity contribution >= 4 is 29.4 Å². The molecule has 2 unspecified atom stereocenters. The summed E-state index contributed by atoms with van der Waals surface area (Å²) in [6.45, 7) is 5.55. The van der Waals surface area contributed by atoms with Crippen molar-refractivity contribution in [3.05, 3.63) is 70.4 Å². The van der Waals surface area contributed by atoms with Crippen LogP contribution in [0.5, 0.6) is 5.75 Å². The summed E-state index contributed by atoms with van der Waals surface area (Å²) >= 11 is 6.46. The van der Waals surface area contributed by atoms with E-state index in [0.717, 1.165) is 18.4 Å². The molecule has 0 saturated carbocycles. The first-order valence-corrected chi connectivity index (χ1v) is 14.2. The molecule has 3 N–H and O–H groups in total. The second-order valence-corrected chi connectivity index (χ2v) is 10.7. The van der Waals surface area contributed by atoms with Crippen LogP contribution in [0.2, 0.25) is 5.02 Å². The van der Waals surface area contributed by atoms with Gasteiger partial charge in [0.15, 0.2) is 0 Å². The zero-order chi connectivity index (χ0) is 28.9. The lowest BCUT2D eigenvalue weighted by Gasteiger charge is -2.24. The van der Waals surface area contributed by atoms with Crippen LogP contribution in [0, 0.1) is 0 Å². The van der Waals surface area contributed by atoms with Gasteiger partial charge in [0.1, 0.15) is 12.3 Å². The maximum Gasteiger partial charge on any atom is 0.254 e. The molecule has 3 heterocycles. The first-order chi connectivity index (χ1) is 19.8. The molecule has 1 fully saturated rings. The smallest absolute Gasteiger partial charge is 0.254 e. The number of fused-ring (bicyclic) bond motifs is 1. The van der Waals surface area contributed by atoms with Crippen LogP contribution in [0.25, 0.3) is 11.3 Å². The van der Waals surface area contributed by atoms with Crippen LogP contribution in [0.1, 0.15) is 54.2 Å². The molecule has 2 aromatic carbocycles.